The van der Waals surface area contributed by atoms with Gasteiger partial charge in [-0.05, 0) is 93.6 Å². The Balaban J connectivity index is 0.777. The van der Waals surface area contributed by atoms with Gasteiger partial charge in [0.2, 0.25) is 17.8 Å². The Morgan fingerprint density at radius 3 is 2.55 bits per heavy atom. The number of fused-ring (bicyclic) bond motifs is 2. The molecule has 56 heavy (non-hydrogen) atoms. The predicted molar refractivity (Wildman–Crippen MR) is 209 cm³/mol. The number of benzene rings is 2. The highest BCUT2D eigenvalue weighted by molar-refractivity contribution is 6.25. The zero-order valence-corrected chi connectivity index (χ0v) is 31.0. The van der Waals surface area contributed by atoms with E-state index in [4.69, 9.17) is 10.2 Å². The van der Waals surface area contributed by atoms with Crippen LogP contribution in [-0.2, 0) is 16.1 Å². The molecule has 15 heteroatoms. The summed E-state index contributed by atoms with van der Waals surface area (Å²) in [5, 5.41) is 23.2. The summed E-state index contributed by atoms with van der Waals surface area (Å²) in [4.78, 5) is 66.7. The Morgan fingerprint density at radius 1 is 0.911 bits per heavy atom. The molecule has 15 nitrogen and oxygen atoms in total. The number of H-pyrrole nitrogens is 1. The highest BCUT2D eigenvalue weighted by atomic mass is 16.2. The van der Waals surface area contributed by atoms with Gasteiger partial charge in [-0.15, -0.1) is 0 Å². The normalized spacial score (nSPS) is 17.6. The minimum absolute atomic E-state index is 0.0910. The number of imide groups is 2. The van der Waals surface area contributed by atoms with E-state index in [9.17, 15) is 19.2 Å². The van der Waals surface area contributed by atoms with Gasteiger partial charge in [0.25, 0.3) is 11.8 Å². The van der Waals surface area contributed by atoms with Crippen LogP contribution in [-0.4, -0.2) is 90.4 Å². The quantitative estimate of drug-likeness (QED) is 0.0845. The highest BCUT2D eigenvalue weighted by Crippen LogP contribution is 2.33. The van der Waals surface area contributed by atoms with Gasteiger partial charge in [-0.1, -0.05) is 24.6 Å². The molecular formula is C41H43N11O4. The molecule has 4 N–H and O–H groups in total. The molecule has 5 aromatic rings. The number of unbranched alkanes of at least 4 members (excludes halogenated alkanes) is 2. The molecule has 1 unspecified atom stereocenters. The molecule has 3 aliphatic rings. The number of hydrogen-bond donors (Lipinski definition) is 4. The standard InChI is InChI=1S/C41H43N11O4/c42-17-5-21-51-25-28(24-45-51)36-31-14-19-44-37(31)49-41(48-36)46-29-10-8-26(9-11-29)27-15-22-50(23-16-27)20-3-1-2-18-43-32-7-4-6-30-35(32)40(56)52(39(30)55)33-12-13-34(53)47-38(33)54/h4,6-11,14,19,24-25,27,33,43H,1-3,5,12-13,15-16,18,20-23H2,(H,47,53,54)(H2,44,46,48,49). The molecule has 0 spiro atoms. The van der Waals surface area contributed by atoms with Gasteiger partial charge in [-0.25, -0.2) is 4.98 Å². The van der Waals surface area contributed by atoms with Crippen molar-refractivity contribution in [1.29, 1.82) is 5.26 Å². The number of aromatic amines is 1. The number of nitrogens with one attached hydrogen (secondary N) is 4. The first kappa shape index (κ1) is 36.6. The SMILES string of the molecule is N#CCCn1cc(-c2nc(Nc3ccc(C4CCN(CCCCCNc5cccc6c5C(=O)N(C5CCC(=O)NC5=O)C6=O)CC4)cc3)nc3[nH]ccc23)cn1. The number of aromatic nitrogens is 5. The number of piperidine rings is 2. The number of nitrogens with zero attached hydrogens (tertiary/aromatic N) is 7. The second-order valence-corrected chi connectivity index (χ2v) is 14.6. The molecule has 0 saturated carbocycles. The summed E-state index contributed by atoms with van der Waals surface area (Å²) >= 11 is 0. The van der Waals surface area contributed by atoms with E-state index in [0.29, 0.717) is 42.6 Å². The number of rotatable bonds is 14. The molecule has 3 aromatic heterocycles. The third-order valence-corrected chi connectivity index (χ3v) is 10.9. The first-order valence-corrected chi connectivity index (χ1v) is 19.3. The zero-order chi connectivity index (χ0) is 38.6. The molecule has 2 aromatic carbocycles. The Hall–Kier alpha value is -6.40. The van der Waals surface area contributed by atoms with Crippen molar-refractivity contribution in [3.8, 4) is 17.3 Å². The van der Waals surface area contributed by atoms with Crippen molar-refractivity contribution in [1.82, 2.24) is 39.8 Å². The van der Waals surface area contributed by atoms with Gasteiger partial charge in [0.05, 0.1) is 42.1 Å². The number of anilines is 3. The van der Waals surface area contributed by atoms with E-state index < -0.39 is 29.7 Å². The van der Waals surface area contributed by atoms with Crippen LogP contribution in [0, 0.1) is 11.3 Å². The Kier molecular flexibility index (Phi) is 10.5. The van der Waals surface area contributed by atoms with Gasteiger partial charge < -0.3 is 20.5 Å². The van der Waals surface area contributed by atoms with E-state index in [0.717, 1.165) is 84.6 Å². The smallest absolute Gasteiger partial charge is 0.264 e. The molecule has 4 amide bonds. The van der Waals surface area contributed by atoms with Crippen molar-refractivity contribution in [3.63, 3.8) is 0 Å². The predicted octanol–water partition coefficient (Wildman–Crippen LogP) is 5.34. The van der Waals surface area contributed by atoms with Gasteiger partial charge in [-0.2, -0.15) is 15.3 Å². The fourth-order valence-corrected chi connectivity index (χ4v) is 7.97. The van der Waals surface area contributed by atoms with E-state index in [1.807, 2.05) is 18.5 Å². The number of amides is 4. The Labute approximate surface area is 323 Å². The third kappa shape index (κ3) is 7.60. The number of nitriles is 1. The summed E-state index contributed by atoms with van der Waals surface area (Å²) in [5.41, 5.74) is 5.78. The van der Waals surface area contributed by atoms with E-state index >= 15 is 0 Å². The average Bonchev–Trinajstić information content (AvgIpc) is 3.95. The summed E-state index contributed by atoms with van der Waals surface area (Å²) in [5.74, 6) is -0.998. The number of hydrogen-bond acceptors (Lipinski definition) is 11. The van der Waals surface area contributed by atoms with Crippen molar-refractivity contribution >= 4 is 52.0 Å². The maximum atomic E-state index is 13.3. The summed E-state index contributed by atoms with van der Waals surface area (Å²) in [6.45, 7) is 4.34. The van der Waals surface area contributed by atoms with Crippen LogP contribution in [0.4, 0.5) is 17.3 Å². The largest absolute Gasteiger partial charge is 0.384 e. The zero-order valence-electron chi connectivity index (χ0n) is 31.0. The lowest BCUT2D eigenvalue weighted by atomic mass is 9.89. The van der Waals surface area contributed by atoms with Crippen molar-refractivity contribution in [2.75, 3.05) is 36.8 Å². The summed E-state index contributed by atoms with van der Waals surface area (Å²) < 4.78 is 1.76. The highest BCUT2D eigenvalue weighted by Gasteiger charge is 2.45. The number of carbonyl (C=O) groups excluding carboxylic acids is 4. The molecular weight excluding hydrogens is 711 g/mol. The van der Waals surface area contributed by atoms with Crippen LogP contribution >= 0.6 is 0 Å². The monoisotopic (exact) mass is 753 g/mol. The number of carbonyl (C=O) groups is 4. The van der Waals surface area contributed by atoms with Crippen molar-refractivity contribution < 1.29 is 19.2 Å². The van der Waals surface area contributed by atoms with E-state index in [2.05, 4.69) is 66.3 Å². The van der Waals surface area contributed by atoms with Gasteiger partial charge in [0.1, 0.15) is 11.7 Å². The molecule has 0 bridgehead atoms. The second kappa shape index (κ2) is 16.1. The number of aryl methyl sites for hydroxylation is 1. The van der Waals surface area contributed by atoms with Crippen molar-refractivity contribution in [2.45, 2.75) is 69.9 Å². The summed E-state index contributed by atoms with van der Waals surface area (Å²) in [6.07, 6.45) is 11.4. The lowest BCUT2D eigenvalue weighted by Gasteiger charge is -2.32. The fraction of sp³-hybridized carbons (Fsp3) is 0.366. The van der Waals surface area contributed by atoms with Crippen LogP contribution in [0.3, 0.4) is 0 Å². The van der Waals surface area contributed by atoms with Crippen LogP contribution in [0.15, 0.2) is 67.1 Å². The van der Waals surface area contributed by atoms with Crippen LogP contribution in [0.2, 0.25) is 0 Å². The minimum Gasteiger partial charge on any atom is -0.384 e. The molecule has 2 saturated heterocycles. The topological polar surface area (TPSA) is 194 Å². The lowest BCUT2D eigenvalue weighted by Crippen LogP contribution is -2.54. The van der Waals surface area contributed by atoms with E-state index in [-0.39, 0.29) is 18.4 Å². The van der Waals surface area contributed by atoms with E-state index in [1.165, 1.54) is 5.56 Å². The molecule has 8 rings (SSSR count). The molecule has 0 radical (unpaired) electrons. The van der Waals surface area contributed by atoms with Crippen molar-refractivity contribution in [3.05, 3.63) is 83.8 Å². The summed E-state index contributed by atoms with van der Waals surface area (Å²) in [7, 11) is 0. The van der Waals surface area contributed by atoms with Crippen LogP contribution in [0.1, 0.15) is 83.6 Å². The fourth-order valence-electron chi connectivity index (χ4n) is 7.97. The Bertz CT molecular complexity index is 2320. The Morgan fingerprint density at radius 2 is 1.75 bits per heavy atom. The molecule has 286 valence electrons. The van der Waals surface area contributed by atoms with Gasteiger partial charge in [0, 0.05) is 47.7 Å². The molecule has 2 fully saturated rings. The van der Waals surface area contributed by atoms with Crippen LogP contribution in [0.25, 0.3) is 22.3 Å². The molecule has 1 atom stereocenters. The van der Waals surface area contributed by atoms with Gasteiger partial charge >= 0.3 is 0 Å². The summed E-state index contributed by atoms with van der Waals surface area (Å²) in [6, 6.07) is 16.8. The minimum atomic E-state index is -0.977. The second-order valence-electron chi connectivity index (χ2n) is 14.6. The lowest BCUT2D eigenvalue weighted by molar-refractivity contribution is -0.136. The molecule has 0 aliphatic carbocycles. The maximum Gasteiger partial charge on any atom is 0.264 e. The first-order valence-electron chi connectivity index (χ1n) is 19.3. The first-order chi connectivity index (χ1) is 27.4. The van der Waals surface area contributed by atoms with E-state index in [1.54, 1.807) is 29.1 Å². The van der Waals surface area contributed by atoms with Crippen LogP contribution in [0.5, 0.6) is 0 Å². The van der Waals surface area contributed by atoms with Gasteiger partial charge in [0.15, 0.2) is 0 Å². The number of likely N-dealkylation sites (tertiary alicyclic amines) is 1. The molecule has 3 aliphatic heterocycles. The average molecular weight is 754 g/mol. The van der Waals surface area contributed by atoms with Crippen LogP contribution < -0.4 is 16.0 Å². The maximum absolute atomic E-state index is 13.3. The third-order valence-electron chi connectivity index (χ3n) is 10.9. The van der Waals surface area contributed by atoms with Gasteiger partial charge in [-0.3, -0.25) is 34.1 Å². The molecule has 6 heterocycles. The van der Waals surface area contributed by atoms with Crippen molar-refractivity contribution in [2.24, 2.45) is 0 Å².